The van der Waals surface area contributed by atoms with Crippen molar-refractivity contribution in [3.63, 3.8) is 0 Å². The zero-order valence-corrected chi connectivity index (χ0v) is 13.7. The van der Waals surface area contributed by atoms with Gasteiger partial charge in [-0.3, -0.25) is 0 Å². The molecule has 0 heterocycles. The molecule has 0 amide bonds. The Morgan fingerprint density at radius 2 is 2.08 bits per heavy atom. The van der Waals surface area contributed by atoms with Crippen LogP contribution in [0.1, 0.15) is 12.5 Å². The first kappa shape index (κ1) is 19.1. The van der Waals surface area contributed by atoms with Crippen LogP contribution in [0.4, 0.5) is 0 Å². The lowest BCUT2D eigenvalue weighted by Gasteiger charge is -2.11. The first-order chi connectivity index (χ1) is 11.7. The Bertz CT molecular complexity index is 667. The molecule has 6 heteroatoms. The van der Waals surface area contributed by atoms with Gasteiger partial charge in [0, 0.05) is 7.11 Å². The molecule has 0 N–H and O–H groups in total. The number of ether oxygens (including phenoxy) is 4. The van der Waals surface area contributed by atoms with E-state index in [9.17, 15) is 4.79 Å². The summed E-state index contributed by atoms with van der Waals surface area (Å²) < 4.78 is 20.6. The number of carbonyl (C=O) groups is 1. The highest BCUT2D eigenvalue weighted by molar-refractivity contribution is 5.97. The molecule has 0 radical (unpaired) electrons. The Morgan fingerprint density at radius 3 is 2.71 bits per heavy atom. The summed E-state index contributed by atoms with van der Waals surface area (Å²) in [5.41, 5.74) is 0.484. The fourth-order valence-corrected chi connectivity index (χ4v) is 1.72. The predicted octanol–water partition coefficient (Wildman–Crippen LogP) is 2.19. The summed E-state index contributed by atoms with van der Waals surface area (Å²) in [6.07, 6.45) is 6.60. The van der Waals surface area contributed by atoms with E-state index in [1.54, 1.807) is 18.2 Å². The number of terminal acetylenes is 1. The van der Waals surface area contributed by atoms with Gasteiger partial charge in [-0.2, -0.15) is 5.26 Å². The van der Waals surface area contributed by atoms with Crippen molar-refractivity contribution in [2.45, 2.75) is 6.92 Å². The van der Waals surface area contributed by atoms with Crippen molar-refractivity contribution in [1.29, 1.82) is 5.26 Å². The molecule has 1 rings (SSSR count). The molecule has 0 atom stereocenters. The van der Waals surface area contributed by atoms with Crippen LogP contribution >= 0.6 is 0 Å². The van der Waals surface area contributed by atoms with Crippen molar-refractivity contribution in [2.75, 3.05) is 33.5 Å². The summed E-state index contributed by atoms with van der Waals surface area (Å²) in [5.74, 6) is 2.64. The number of esters is 1. The molecular formula is C18H19NO5. The van der Waals surface area contributed by atoms with E-state index in [4.69, 9.17) is 30.6 Å². The molecule has 126 valence electrons. The van der Waals surface area contributed by atoms with Crippen molar-refractivity contribution < 1.29 is 23.7 Å². The number of nitriles is 1. The summed E-state index contributed by atoms with van der Waals surface area (Å²) in [4.78, 5) is 11.8. The smallest absolute Gasteiger partial charge is 0.348 e. The van der Waals surface area contributed by atoms with Crippen molar-refractivity contribution in [3.8, 4) is 29.9 Å². The average molecular weight is 329 g/mol. The van der Waals surface area contributed by atoms with Gasteiger partial charge in [0.05, 0.1) is 13.2 Å². The van der Waals surface area contributed by atoms with Crippen molar-refractivity contribution in [3.05, 3.63) is 29.3 Å². The molecule has 0 spiro atoms. The lowest BCUT2D eigenvalue weighted by Crippen LogP contribution is -2.11. The third kappa shape index (κ3) is 6.04. The maximum atomic E-state index is 11.8. The predicted molar refractivity (Wildman–Crippen MR) is 88.4 cm³/mol. The van der Waals surface area contributed by atoms with Gasteiger partial charge in [-0.25, -0.2) is 4.79 Å². The zero-order valence-electron chi connectivity index (χ0n) is 13.7. The lowest BCUT2D eigenvalue weighted by molar-refractivity contribution is -0.139. The standard InChI is InChI=1S/C18H19NO5/c1-4-8-23-16-7-6-14(12-17(16)22-5-2)11-15(13-19)18(20)24-10-9-21-3/h1,6-7,11-12H,5,8-10H2,2-3H3/b15-11+. The van der Waals surface area contributed by atoms with Gasteiger partial charge >= 0.3 is 5.97 Å². The van der Waals surface area contributed by atoms with Gasteiger partial charge in [-0.15, -0.1) is 6.42 Å². The molecule has 0 aliphatic rings. The summed E-state index contributed by atoms with van der Waals surface area (Å²) in [7, 11) is 1.49. The Kier molecular flexibility index (Phi) is 8.52. The van der Waals surface area contributed by atoms with E-state index in [1.807, 2.05) is 13.0 Å². The minimum Gasteiger partial charge on any atom is -0.490 e. The van der Waals surface area contributed by atoms with E-state index in [-0.39, 0.29) is 25.4 Å². The fraction of sp³-hybridized carbons (Fsp3) is 0.333. The summed E-state index contributed by atoms with van der Waals surface area (Å²) in [6, 6.07) is 6.84. The lowest BCUT2D eigenvalue weighted by atomic mass is 10.1. The van der Waals surface area contributed by atoms with Gasteiger partial charge in [0.25, 0.3) is 0 Å². The van der Waals surface area contributed by atoms with Crippen LogP contribution in [-0.2, 0) is 14.3 Å². The monoisotopic (exact) mass is 329 g/mol. The van der Waals surface area contributed by atoms with Gasteiger partial charge in [-0.05, 0) is 30.7 Å². The Labute approximate surface area is 141 Å². The van der Waals surface area contributed by atoms with E-state index in [1.165, 1.54) is 13.2 Å². The van der Waals surface area contributed by atoms with Gasteiger partial charge in [0.2, 0.25) is 0 Å². The third-order valence-corrected chi connectivity index (χ3v) is 2.75. The van der Waals surface area contributed by atoms with Crippen LogP contribution in [0.3, 0.4) is 0 Å². The Balaban J connectivity index is 2.98. The number of rotatable bonds is 9. The van der Waals surface area contributed by atoms with Crippen molar-refractivity contribution >= 4 is 12.0 Å². The molecule has 0 aromatic heterocycles. The molecule has 0 fully saturated rings. The number of hydrogen-bond donors (Lipinski definition) is 0. The average Bonchev–Trinajstić information content (AvgIpc) is 2.59. The minimum absolute atomic E-state index is 0.0808. The van der Waals surface area contributed by atoms with E-state index in [2.05, 4.69) is 5.92 Å². The van der Waals surface area contributed by atoms with Crippen molar-refractivity contribution in [2.24, 2.45) is 0 Å². The van der Waals surface area contributed by atoms with E-state index in [0.29, 0.717) is 23.7 Å². The number of hydrogen-bond acceptors (Lipinski definition) is 6. The highest BCUT2D eigenvalue weighted by Crippen LogP contribution is 2.29. The molecule has 0 bridgehead atoms. The molecule has 0 saturated carbocycles. The molecule has 0 saturated heterocycles. The first-order valence-electron chi connectivity index (χ1n) is 7.27. The van der Waals surface area contributed by atoms with Crippen LogP contribution in [0.15, 0.2) is 23.8 Å². The fourth-order valence-electron chi connectivity index (χ4n) is 1.72. The third-order valence-electron chi connectivity index (χ3n) is 2.75. The molecule has 24 heavy (non-hydrogen) atoms. The number of methoxy groups -OCH3 is 1. The molecule has 0 aliphatic heterocycles. The van der Waals surface area contributed by atoms with Gasteiger partial charge in [0.15, 0.2) is 11.5 Å². The topological polar surface area (TPSA) is 77.8 Å². The van der Waals surface area contributed by atoms with E-state index >= 15 is 0 Å². The maximum absolute atomic E-state index is 11.8. The first-order valence-corrected chi connectivity index (χ1v) is 7.27. The highest BCUT2D eigenvalue weighted by atomic mass is 16.6. The number of nitrogens with zero attached hydrogens (tertiary/aromatic N) is 1. The molecule has 1 aromatic carbocycles. The summed E-state index contributed by atoms with van der Waals surface area (Å²) in [6.45, 7) is 2.73. The second-order valence-electron chi connectivity index (χ2n) is 4.43. The van der Waals surface area contributed by atoms with Gasteiger partial charge < -0.3 is 18.9 Å². The van der Waals surface area contributed by atoms with E-state index in [0.717, 1.165) is 0 Å². The van der Waals surface area contributed by atoms with Crippen LogP contribution in [0, 0.1) is 23.7 Å². The Morgan fingerprint density at radius 1 is 1.29 bits per heavy atom. The Hall–Kier alpha value is -2.96. The van der Waals surface area contributed by atoms with Crippen LogP contribution in [-0.4, -0.2) is 39.5 Å². The quantitative estimate of drug-likeness (QED) is 0.227. The summed E-state index contributed by atoms with van der Waals surface area (Å²) in [5, 5.41) is 9.13. The summed E-state index contributed by atoms with van der Waals surface area (Å²) >= 11 is 0. The highest BCUT2D eigenvalue weighted by Gasteiger charge is 2.12. The number of benzene rings is 1. The zero-order chi connectivity index (χ0) is 17.8. The second-order valence-corrected chi connectivity index (χ2v) is 4.43. The van der Waals surface area contributed by atoms with E-state index < -0.39 is 5.97 Å². The number of carbonyl (C=O) groups excluding carboxylic acids is 1. The van der Waals surface area contributed by atoms with Crippen LogP contribution in [0.25, 0.3) is 6.08 Å². The molecule has 1 aromatic rings. The van der Waals surface area contributed by atoms with Gasteiger partial charge in [0.1, 0.15) is 24.9 Å². The van der Waals surface area contributed by atoms with Crippen LogP contribution in [0.2, 0.25) is 0 Å². The van der Waals surface area contributed by atoms with Crippen LogP contribution in [0.5, 0.6) is 11.5 Å². The van der Waals surface area contributed by atoms with Crippen molar-refractivity contribution in [1.82, 2.24) is 0 Å². The molecule has 0 aliphatic carbocycles. The maximum Gasteiger partial charge on any atom is 0.348 e. The normalized spacial score (nSPS) is 10.4. The molecule has 0 unspecified atom stereocenters. The molecule has 6 nitrogen and oxygen atoms in total. The van der Waals surface area contributed by atoms with Crippen LogP contribution < -0.4 is 9.47 Å². The van der Waals surface area contributed by atoms with Gasteiger partial charge in [-0.1, -0.05) is 12.0 Å². The SMILES string of the molecule is C#CCOc1ccc(/C=C(\C#N)C(=O)OCCOC)cc1OCC. The second kappa shape index (κ2) is 10.7. The largest absolute Gasteiger partial charge is 0.490 e. The minimum atomic E-state index is -0.708. The molecular weight excluding hydrogens is 310 g/mol.